The van der Waals surface area contributed by atoms with Gasteiger partial charge in [-0.15, -0.1) is 5.92 Å². The van der Waals surface area contributed by atoms with Crippen molar-refractivity contribution in [2.24, 2.45) is 0 Å². The molecule has 0 aliphatic carbocycles. The number of aromatic nitrogens is 2. The molecule has 0 saturated carbocycles. The second kappa shape index (κ2) is 8.03. The van der Waals surface area contributed by atoms with Crippen LogP contribution >= 0.6 is 0 Å². The van der Waals surface area contributed by atoms with Crippen LogP contribution in [0, 0.1) is 11.8 Å². The van der Waals surface area contributed by atoms with Gasteiger partial charge < -0.3 is 9.47 Å². The lowest BCUT2D eigenvalue weighted by molar-refractivity contribution is 0.150. The Hall–Kier alpha value is -2.38. The van der Waals surface area contributed by atoms with Crippen LogP contribution in [0.1, 0.15) is 19.0 Å². The highest BCUT2D eigenvalue weighted by molar-refractivity contribution is 5.66. The molecule has 21 heavy (non-hydrogen) atoms. The van der Waals surface area contributed by atoms with Gasteiger partial charge in [0.1, 0.15) is 18.7 Å². The third-order valence-corrected chi connectivity index (χ3v) is 2.83. The van der Waals surface area contributed by atoms with Gasteiger partial charge >= 0.3 is 0 Å². The van der Waals surface area contributed by atoms with E-state index in [1.54, 1.807) is 7.11 Å². The van der Waals surface area contributed by atoms with Crippen LogP contribution < -0.4 is 4.74 Å². The van der Waals surface area contributed by atoms with Gasteiger partial charge in [0.25, 0.3) is 0 Å². The summed E-state index contributed by atoms with van der Waals surface area (Å²) in [5.41, 5.74) is 2.58. The van der Waals surface area contributed by atoms with Gasteiger partial charge in [-0.25, -0.2) is 9.97 Å². The molecule has 0 amide bonds. The lowest BCUT2D eigenvalue weighted by Gasteiger charge is -2.08. The van der Waals surface area contributed by atoms with E-state index in [2.05, 4.69) is 21.8 Å². The van der Waals surface area contributed by atoms with Crippen molar-refractivity contribution < 1.29 is 9.47 Å². The number of hydrogen-bond donors (Lipinski definition) is 0. The van der Waals surface area contributed by atoms with Gasteiger partial charge in [0.2, 0.25) is 0 Å². The smallest absolute Gasteiger partial charge is 0.128 e. The topological polar surface area (TPSA) is 44.2 Å². The van der Waals surface area contributed by atoms with E-state index in [1.807, 2.05) is 37.3 Å². The molecule has 108 valence electrons. The molecule has 1 aromatic heterocycles. The number of para-hydroxylation sites is 1. The van der Waals surface area contributed by atoms with Crippen molar-refractivity contribution in [2.75, 3.05) is 13.7 Å². The first-order valence-electron chi connectivity index (χ1n) is 6.83. The summed E-state index contributed by atoms with van der Waals surface area (Å²) in [6.45, 7) is 2.85. The predicted octanol–water partition coefficient (Wildman–Crippen LogP) is 3.08. The average molecular weight is 282 g/mol. The maximum absolute atomic E-state index is 5.47. The minimum atomic E-state index is 0.418. The van der Waals surface area contributed by atoms with Crippen molar-refractivity contribution >= 4 is 0 Å². The summed E-state index contributed by atoms with van der Waals surface area (Å²) in [6.07, 6.45) is 2.38. The van der Waals surface area contributed by atoms with Gasteiger partial charge in [-0.2, -0.15) is 0 Å². The van der Waals surface area contributed by atoms with E-state index in [0.29, 0.717) is 13.2 Å². The van der Waals surface area contributed by atoms with Gasteiger partial charge in [0.05, 0.1) is 25.1 Å². The first-order valence-corrected chi connectivity index (χ1v) is 6.83. The maximum atomic E-state index is 5.47. The van der Waals surface area contributed by atoms with Crippen molar-refractivity contribution in [3.05, 3.63) is 42.4 Å². The summed E-state index contributed by atoms with van der Waals surface area (Å²) in [7, 11) is 1.65. The van der Waals surface area contributed by atoms with Gasteiger partial charge in [0.15, 0.2) is 0 Å². The largest absolute Gasteiger partial charge is 0.496 e. The summed E-state index contributed by atoms with van der Waals surface area (Å²) >= 11 is 0. The van der Waals surface area contributed by atoms with E-state index in [1.165, 1.54) is 6.33 Å². The molecule has 0 radical (unpaired) electrons. The number of rotatable bonds is 5. The van der Waals surface area contributed by atoms with Gasteiger partial charge in [-0.1, -0.05) is 25.0 Å². The zero-order valence-corrected chi connectivity index (χ0v) is 12.3. The van der Waals surface area contributed by atoms with Crippen LogP contribution in [-0.4, -0.2) is 23.7 Å². The number of hydrogen-bond acceptors (Lipinski definition) is 4. The third-order valence-electron chi connectivity index (χ3n) is 2.83. The fourth-order valence-electron chi connectivity index (χ4n) is 1.86. The maximum Gasteiger partial charge on any atom is 0.128 e. The van der Waals surface area contributed by atoms with Crippen LogP contribution in [0.3, 0.4) is 0 Å². The number of methoxy groups -OCH3 is 1. The Morgan fingerprint density at radius 3 is 2.81 bits per heavy atom. The Labute approximate surface area is 125 Å². The normalized spacial score (nSPS) is 9.81. The van der Waals surface area contributed by atoms with Gasteiger partial charge in [0, 0.05) is 12.0 Å². The highest BCUT2D eigenvalue weighted by Crippen LogP contribution is 2.27. The van der Waals surface area contributed by atoms with E-state index in [0.717, 1.165) is 29.1 Å². The Kier molecular flexibility index (Phi) is 5.74. The van der Waals surface area contributed by atoms with Crippen molar-refractivity contribution in [1.29, 1.82) is 0 Å². The van der Waals surface area contributed by atoms with Crippen molar-refractivity contribution in [3.63, 3.8) is 0 Å². The molecule has 1 aromatic carbocycles. The second-order valence-corrected chi connectivity index (χ2v) is 4.29. The third kappa shape index (κ3) is 4.30. The zero-order valence-electron chi connectivity index (χ0n) is 12.3. The lowest BCUT2D eigenvalue weighted by atomic mass is 10.1. The number of benzene rings is 1. The first kappa shape index (κ1) is 15.0. The van der Waals surface area contributed by atoms with Crippen LogP contribution in [-0.2, 0) is 11.3 Å². The zero-order chi connectivity index (χ0) is 14.9. The summed E-state index contributed by atoms with van der Waals surface area (Å²) in [6, 6.07) is 9.67. The molecule has 4 heteroatoms. The Morgan fingerprint density at radius 1 is 1.14 bits per heavy atom. The lowest BCUT2D eigenvalue weighted by Crippen LogP contribution is -1.98. The fraction of sp³-hybridized carbons (Fsp3) is 0.294. The Balaban J connectivity index is 2.10. The average Bonchev–Trinajstić information content (AvgIpc) is 2.55. The van der Waals surface area contributed by atoms with Crippen molar-refractivity contribution in [1.82, 2.24) is 9.97 Å². The Morgan fingerprint density at radius 2 is 2.00 bits per heavy atom. The molecule has 4 nitrogen and oxygen atoms in total. The standard InChI is InChI=1S/C17H18N2O2/c1-3-4-7-10-21-12-14-11-16(19-13-18-14)15-8-5-6-9-17(15)20-2/h5-6,8-9,11,13H,3,10,12H2,1-2H3. The number of nitrogens with zero attached hydrogens (tertiary/aromatic N) is 2. The van der Waals surface area contributed by atoms with E-state index >= 15 is 0 Å². The number of ether oxygens (including phenoxy) is 2. The van der Waals surface area contributed by atoms with Crippen LogP contribution in [0.2, 0.25) is 0 Å². The molecule has 2 aromatic rings. The quantitative estimate of drug-likeness (QED) is 0.624. The van der Waals surface area contributed by atoms with Gasteiger partial charge in [-0.3, -0.25) is 0 Å². The highest BCUT2D eigenvalue weighted by Gasteiger charge is 2.07. The SMILES string of the molecule is CCC#CCOCc1cc(-c2ccccc2OC)ncn1. The fourth-order valence-corrected chi connectivity index (χ4v) is 1.86. The van der Waals surface area contributed by atoms with Crippen molar-refractivity contribution in [2.45, 2.75) is 20.0 Å². The summed E-state index contributed by atoms with van der Waals surface area (Å²) in [4.78, 5) is 8.51. The predicted molar refractivity (Wildman–Crippen MR) is 81.7 cm³/mol. The molecule has 0 bridgehead atoms. The molecule has 0 aliphatic heterocycles. The molecule has 1 heterocycles. The Bertz CT molecular complexity index is 644. The van der Waals surface area contributed by atoms with Crippen LogP contribution in [0.25, 0.3) is 11.3 Å². The molecule has 0 unspecified atom stereocenters. The highest BCUT2D eigenvalue weighted by atomic mass is 16.5. The molecular formula is C17H18N2O2. The van der Waals surface area contributed by atoms with E-state index < -0.39 is 0 Å². The minimum Gasteiger partial charge on any atom is -0.496 e. The second-order valence-electron chi connectivity index (χ2n) is 4.29. The minimum absolute atomic E-state index is 0.418. The summed E-state index contributed by atoms with van der Waals surface area (Å²) in [5, 5.41) is 0. The molecule has 0 fully saturated rings. The molecule has 0 N–H and O–H groups in total. The van der Waals surface area contributed by atoms with E-state index in [4.69, 9.17) is 9.47 Å². The van der Waals surface area contributed by atoms with Crippen molar-refractivity contribution in [3.8, 4) is 28.8 Å². The molecule has 0 atom stereocenters. The molecule has 0 saturated heterocycles. The summed E-state index contributed by atoms with van der Waals surface area (Å²) < 4.78 is 10.8. The van der Waals surface area contributed by atoms with Crippen LogP contribution in [0.4, 0.5) is 0 Å². The molecule has 0 spiro atoms. The van der Waals surface area contributed by atoms with Crippen LogP contribution in [0.5, 0.6) is 5.75 Å². The first-order chi connectivity index (χ1) is 10.3. The van der Waals surface area contributed by atoms with Gasteiger partial charge in [-0.05, 0) is 18.2 Å². The molecular weight excluding hydrogens is 264 g/mol. The molecule has 2 rings (SSSR count). The summed E-state index contributed by atoms with van der Waals surface area (Å²) in [5.74, 6) is 6.69. The van der Waals surface area contributed by atoms with E-state index in [-0.39, 0.29) is 0 Å². The molecule has 0 aliphatic rings. The monoisotopic (exact) mass is 282 g/mol. The van der Waals surface area contributed by atoms with Crippen LogP contribution in [0.15, 0.2) is 36.7 Å². The van der Waals surface area contributed by atoms with E-state index in [9.17, 15) is 0 Å².